The molecule has 0 radical (unpaired) electrons. The maximum absolute atomic E-state index is 12.6. The van der Waals surface area contributed by atoms with Gasteiger partial charge >= 0.3 is 0 Å². The summed E-state index contributed by atoms with van der Waals surface area (Å²) < 4.78 is 12.5. The largest absolute Gasteiger partial charge is 0.497 e. The van der Waals surface area contributed by atoms with Crippen LogP contribution in [0.2, 0.25) is 0 Å². The maximum atomic E-state index is 12.6. The van der Waals surface area contributed by atoms with E-state index in [1.165, 1.54) is 11.8 Å². The molecular formula is C27H27N5O4S. The third-order valence-corrected chi connectivity index (χ3v) is 6.18. The number of nitrogens with zero attached hydrogens (tertiary/aromatic N) is 3. The highest BCUT2D eigenvalue weighted by molar-refractivity contribution is 7.99. The lowest BCUT2D eigenvalue weighted by molar-refractivity contribution is -0.113. The highest BCUT2D eigenvalue weighted by Gasteiger charge is 2.17. The van der Waals surface area contributed by atoms with Crippen molar-refractivity contribution in [3.63, 3.8) is 0 Å². The number of aromatic nitrogens is 3. The summed E-state index contributed by atoms with van der Waals surface area (Å²) in [6, 6.07) is 23.6. The molecule has 9 nitrogen and oxygen atoms in total. The first-order valence-corrected chi connectivity index (χ1v) is 12.6. The van der Waals surface area contributed by atoms with Gasteiger partial charge in [0.1, 0.15) is 11.5 Å². The minimum Gasteiger partial charge on any atom is -0.497 e. The maximum Gasteiger partial charge on any atom is 0.251 e. The van der Waals surface area contributed by atoms with Gasteiger partial charge in [0, 0.05) is 16.9 Å². The van der Waals surface area contributed by atoms with Crippen LogP contribution in [0.3, 0.4) is 0 Å². The summed E-state index contributed by atoms with van der Waals surface area (Å²) in [6.45, 7) is 2.65. The number of ether oxygens (including phenoxy) is 2. The van der Waals surface area contributed by atoms with E-state index in [4.69, 9.17) is 9.47 Å². The molecule has 0 saturated carbocycles. The zero-order valence-electron chi connectivity index (χ0n) is 20.5. The molecule has 4 rings (SSSR count). The summed E-state index contributed by atoms with van der Waals surface area (Å²) in [5.41, 5.74) is 2.01. The van der Waals surface area contributed by atoms with Gasteiger partial charge in [0.05, 0.1) is 26.0 Å². The molecule has 0 atom stereocenters. The van der Waals surface area contributed by atoms with E-state index >= 15 is 0 Å². The van der Waals surface area contributed by atoms with Crippen molar-refractivity contribution >= 4 is 29.3 Å². The monoisotopic (exact) mass is 517 g/mol. The highest BCUT2D eigenvalue weighted by atomic mass is 32.2. The molecule has 190 valence electrons. The molecule has 3 aromatic carbocycles. The lowest BCUT2D eigenvalue weighted by atomic mass is 10.2. The first-order valence-electron chi connectivity index (χ1n) is 11.6. The van der Waals surface area contributed by atoms with Gasteiger partial charge in [0.25, 0.3) is 5.91 Å². The quantitative estimate of drug-likeness (QED) is 0.285. The summed E-state index contributed by atoms with van der Waals surface area (Å²) in [6.07, 6.45) is 0. The van der Waals surface area contributed by atoms with Crippen LogP contribution in [0.4, 0.5) is 5.69 Å². The van der Waals surface area contributed by atoms with Crippen LogP contribution in [-0.2, 0) is 11.3 Å². The number of hydrogen-bond acceptors (Lipinski definition) is 7. The van der Waals surface area contributed by atoms with Crippen molar-refractivity contribution in [1.82, 2.24) is 20.1 Å². The second kappa shape index (κ2) is 12.6. The Hall–Kier alpha value is -4.31. The molecule has 0 unspecified atom stereocenters. The standard InChI is InChI=1S/C27H27N5O4S/c1-3-36-23-15-11-21(12-16-23)32-24(17-28-26(34)19-7-5-4-6-8-19)30-31-27(32)37-18-25(33)29-20-9-13-22(35-2)14-10-20/h4-16H,3,17-18H2,1-2H3,(H,28,34)(H,29,33). The summed E-state index contributed by atoms with van der Waals surface area (Å²) in [4.78, 5) is 25.2. The number of carbonyl (C=O) groups is 2. The van der Waals surface area contributed by atoms with E-state index in [1.54, 1.807) is 43.5 Å². The molecule has 0 spiro atoms. The number of benzene rings is 3. The fraction of sp³-hybridized carbons (Fsp3) is 0.185. The number of anilines is 1. The van der Waals surface area contributed by atoms with Gasteiger partial charge < -0.3 is 20.1 Å². The highest BCUT2D eigenvalue weighted by Crippen LogP contribution is 2.24. The number of nitrogens with one attached hydrogen (secondary N) is 2. The zero-order valence-corrected chi connectivity index (χ0v) is 21.3. The second-order valence-corrected chi connectivity index (χ2v) is 8.72. The Bertz CT molecular complexity index is 1330. The molecular weight excluding hydrogens is 490 g/mol. The summed E-state index contributed by atoms with van der Waals surface area (Å²) >= 11 is 1.25. The number of thioether (sulfide) groups is 1. The molecule has 2 N–H and O–H groups in total. The minimum atomic E-state index is -0.213. The molecule has 0 aliphatic carbocycles. The molecule has 0 aliphatic heterocycles. The number of amides is 2. The van der Waals surface area contributed by atoms with Gasteiger partial charge in [0.2, 0.25) is 5.91 Å². The van der Waals surface area contributed by atoms with Crippen LogP contribution in [0, 0.1) is 0 Å². The van der Waals surface area contributed by atoms with Crippen LogP contribution in [0.25, 0.3) is 5.69 Å². The number of methoxy groups -OCH3 is 1. The van der Waals surface area contributed by atoms with E-state index in [2.05, 4.69) is 20.8 Å². The average Bonchev–Trinajstić information content (AvgIpc) is 3.35. The third-order valence-electron chi connectivity index (χ3n) is 5.26. The van der Waals surface area contributed by atoms with E-state index in [9.17, 15) is 9.59 Å². The van der Waals surface area contributed by atoms with E-state index in [0.29, 0.717) is 34.6 Å². The van der Waals surface area contributed by atoms with Crippen LogP contribution >= 0.6 is 11.8 Å². The van der Waals surface area contributed by atoms with Crippen LogP contribution in [0.15, 0.2) is 84.0 Å². The van der Waals surface area contributed by atoms with Crippen LogP contribution in [0.1, 0.15) is 23.1 Å². The third kappa shape index (κ3) is 6.89. The van der Waals surface area contributed by atoms with Crippen molar-refractivity contribution in [3.8, 4) is 17.2 Å². The molecule has 37 heavy (non-hydrogen) atoms. The Balaban J connectivity index is 1.49. The second-order valence-electron chi connectivity index (χ2n) is 7.78. The van der Waals surface area contributed by atoms with Gasteiger partial charge in [-0.3, -0.25) is 14.2 Å². The van der Waals surface area contributed by atoms with E-state index in [1.807, 2.05) is 54.0 Å². The predicted molar refractivity (Wildman–Crippen MR) is 142 cm³/mol. The topological polar surface area (TPSA) is 107 Å². The molecule has 0 fully saturated rings. The first kappa shape index (κ1) is 25.8. The van der Waals surface area contributed by atoms with Crippen LogP contribution < -0.4 is 20.1 Å². The van der Waals surface area contributed by atoms with Crippen molar-refractivity contribution < 1.29 is 19.1 Å². The predicted octanol–water partition coefficient (Wildman–Crippen LogP) is 4.34. The van der Waals surface area contributed by atoms with E-state index in [-0.39, 0.29) is 24.1 Å². The van der Waals surface area contributed by atoms with Gasteiger partial charge in [-0.2, -0.15) is 0 Å². The average molecular weight is 518 g/mol. The summed E-state index contributed by atoms with van der Waals surface area (Å²) in [5, 5.41) is 14.9. The lowest BCUT2D eigenvalue weighted by Gasteiger charge is -2.12. The summed E-state index contributed by atoms with van der Waals surface area (Å²) in [7, 11) is 1.59. The molecule has 2 amide bonds. The van der Waals surface area contributed by atoms with E-state index in [0.717, 1.165) is 11.4 Å². The molecule has 1 aromatic heterocycles. The molecule has 4 aromatic rings. The normalized spacial score (nSPS) is 10.5. The molecule has 0 aliphatic rings. The first-order chi connectivity index (χ1) is 18.1. The minimum absolute atomic E-state index is 0.123. The lowest BCUT2D eigenvalue weighted by Crippen LogP contribution is -2.24. The van der Waals surface area contributed by atoms with Gasteiger partial charge in [0.15, 0.2) is 11.0 Å². The van der Waals surface area contributed by atoms with E-state index < -0.39 is 0 Å². The number of rotatable bonds is 11. The van der Waals surface area contributed by atoms with Crippen molar-refractivity contribution in [2.24, 2.45) is 0 Å². The van der Waals surface area contributed by atoms with Crippen molar-refractivity contribution in [1.29, 1.82) is 0 Å². The van der Waals surface area contributed by atoms with Gasteiger partial charge in [-0.15, -0.1) is 10.2 Å². The SMILES string of the molecule is CCOc1ccc(-n2c(CNC(=O)c3ccccc3)nnc2SCC(=O)Nc2ccc(OC)cc2)cc1. The zero-order chi connectivity index (χ0) is 26.0. The van der Waals surface area contributed by atoms with Gasteiger partial charge in [-0.1, -0.05) is 30.0 Å². The summed E-state index contributed by atoms with van der Waals surface area (Å²) in [5.74, 6) is 1.71. The molecule has 10 heteroatoms. The molecule has 1 heterocycles. The molecule has 0 bridgehead atoms. The number of carbonyl (C=O) groups excluding carboxylic acids is 2. The Morgan fingerprint density at radius 3 is 2.30 bits per heavy atom. The van der Waals surface area contributed by atoms with Crippen molar-refractivity contribution in [2.75, 3.05) is 24.8 Å². The Kier molecular flexibility index (Phi) is 8.77. The van der Waals surface area contributed by atoms with Crippen LogP contribution in [-0.4, -0.2) is 46.0 Å². The Morgan fingerprint density at radius 1 is 0.919 bits per heavy atom. The van der Waals surface area contributed by atoms with Crippen LogP contribution in [0.5, 0.6) is 11.5 Å². The Morgan fingerprint density at radius 2 is 1.62 bits per heavy atom. The Labute approximate surface area is 219 Å². The number of hydrogen-bond donors (Lipinski definition) is 2. The molecule has 0 saturated heterocycles. The van der Waals surface area contributed by atoms with Gasteiger partial charge in [-0.25, -0.2) is 0 Å². The van der Waals surface area contributed by atoms with Gasteiger partial charge in [-0.05, 0) is 67.6 Å². The smallest absolute Gasteiger partial charge is 0.251 e. The van der Waals surface area contributed by atoms with Crippen molar-refractivity contribution in [3.05, 3.63) is 90.3 Å². The van der Waals surface area contributed by atoms with Crippen molar-refractivity contribution in [2.45, 2.75) is 18.6 Å². The fourth-order valence-electron chi connectivity index (χ4n) is 3.48. The fourth-order valence-corrected chi connectivity index (χ4v) is 4.25.